The number of carbonyl (C=O) groups is 2. The van der Waals surface area contributed by atoms with Crippen molar-refractivity contribution in [2.24, 2.45) is 0 Å². The number of halogens is 6. The molecule has 21 heteroatoms. The number of pyridine rings is 4. The minimum absolute atomic E-state index is 0.00422. The van der Waals surface area contributed by atoms with Gasteiger partial charge in [-0.2, -0.15) is 13.2 Å². The van der Waals surface area contributed by atoms with Gasteiger partial charge in [0.25, 0.3) is 20.0 Å². The van der Waals surface area contributed by atoms with Crippen molar-refractivity contribution < 1.29 is 39.6 Å². The Morgan fingerprint density at radius 2 is 1.33 bits per heavy atom. The molecule has 0 atom stereocenters. The van der Waals surface area contributed by atoms with E-state index in [2.05, 4.69) is 29.4 Å². The largest absolute Gasteiger partial charge is 0.416 e. The summed E-state index contributed by atoms with van der Waals surface area (Å²) in [6.07, 6.45) is -2.17. The van der Waals surface area contributed by atoms with E-state index in [4.69, 9.17) is 40.5 Å². The first-order valence-electron chi connectivity index (χ1n) is 16.3. The van der Waals surface area contributed by atoms with Gasteiger partial charge in [0.2, 0.25) is 11.6 Å². The van der Waals surface area contributed by atoms with Gasteiger partial charge in [-0.1, -0.05) is 46.9 Å². The molecule has 4 aromatic heterocycles. The number of nitrogens with two attached hydrogens (primary N) is 1. The third-order valence-corrected chi connectivity index (χ3v) is 11.8. The van der Waals surface area contributed by atoms with E-state index < -0.39 is 77.3 Å². The number of hydrogen-bond acceptors (Lipinski definition) is 11. The number of carbonyl (C=O) groups excluding carboxylic acids is 2. The molecule has 13 nitrogen and oxygen atoms in total. The summed E-state index contributed by atoms with van der Waals surface area (Å²) in [6, 6.07) is 14.9. The smallest absolute Gasteiger partial charge is 0.384 e. The van der Waals surface area contributed by atoms with E-state index in [-0.39, 0.29) is 43.4 Å². The van der Waals surface area contributed by atoms with Gasteiger partial charge in [0.05, 0.1) is 36.8 Å². The van der Waals surface area contributed by atoms with Crippen LogP contribution in [0.4, 0.5) is 30.4 Å². The van der Waals surface area contributed by atoms with E-state index in [1.54, 1.807) is 6.92 Å². The molecular weight excluding hydrogens is 866 g/mol. The van der Waals surface area contributed by atoms with Gasteiger partial charge in [0.15, 0.2) is 0 Å². The third-order valence-electron chi connectivity index (χ3n) is 8.22. The van der Waals surface area contributed by atoms with Crippen LogP contribution in [-0.2, 0) is 32.6 Å². The molecule has 0 aliphatic rings. The predicted molar refractivity (Wildman–Crippen MR) is 210 cm³/mol. The minimum atomic E-state index is -5.07. The molecule has 4 heterocycles. The lowest BCUT2D eigenvalue weighted by atomic mass is 10.0. The number of nitrogen functional groups attached to an aromatic ring is 1. The van der Waals surface area contributed by atoms with Gasteiger partial charge >= 0.3 is 6.18 Å². The summed E-state index contributed by atoms with van der Waals surface area (Å²) in [6.45, 7) is 1.60. The Morgan fingerprint density at radius 3 is 1.91 bits per heavy atom. The van der Waals surface area contributed by atoms with Crippen molar-refractivity contribution in [3.63, 3.8) is 0 Å². The predicted octanol–water partition coefficient (Wildman–Crippen LogP) is 7.79. The van der Waals surface area contributed by atoms with Gasteiger partial charge in [-0.05, 0) is 84.8 Å². The summed E-state index contributed by atoms with van der Waals surface area (Å²) in [5.41, 5.74) is 2.51. The second-order valence-corrected chi connectivity index (χ2v) is 17.0. The van der Waals surface area contributed by atoms with Gasteiger partial charge in [0, 0.05) is 41.3 Å². The number of aryl methyl sites for hydroxylation is 1. The Kier molecular flexibility index (Phi) is 11.8. The molecule has 0 aliphatic heterocycles. The topological polar surface area (TPSA) is 204 Å². The van der Waals surface area contributed by atoms with Crippen molar-refractivity contribution in [3.05, 3.63) is 158 Å². The zero-order chi connectivity index (χ0) is 42.2. The fourth-order valence-electron chi connectivity index (χ4n) is 5.48. The molecular formula is C37H25Cl3F3N7O6S2. The first kappa shape index (κ1) is 42.0. The Morgan fingerprint density at radius 1 is 0.741 bits per heavy atom. The van der Waals surface area contributed by atoms with Crippen LogP contribution in [0.25, 0.3) is 0 Å². The van der Waals surface area contributed by atoms with Crippen LogP contribution < -0.4 is 15.2 Å². The molecule has 0 fully saturated rings. The second-order valence-electron chi connectivity index (χ2n) is 12.4. The average Bonchev–Trinajstić information content (AvgIpc) is 3.15. The van der Waals surface area contributed by atoms with Crippen LogP contribution >= 0.6 is 34.8 Å². The fourth-order valence-corrected chi connectivity index (χ4v) is 8.13. The summed E-state index contributed by atoms with van der Waals surface area (Å²) >= 11 is 18.2. The highest BCUT2D eigenvalue weighted by molar-refractivity contribution is 7.93. The molecule has 0 amide bonds. The van der Waals surface area contributed by atoms with Crippen LogP contribution in [0, 0.1) is 6.92 Å². The van der Waals surface area contributed by atoms with E-state index in [0.29, 0.717) is 16.7 Å². The van der Waals surface area contributed by atoms with E-state index in [9.17, 15) is 39.6 Å². The van der Waals surface area contributed by atoms with Gasteiger partial charge in [0.1, 0.15) is 22.9 Å². The Bertz CT molecular complexity index is 2870. The van der Waals surface area contributed by atoms with Gasteiger partial charge < -0.3 is 5.73 Å². The van der Waals surface area contributed by atoms with Crippen molar-refractivity contribution in [1.29, 1.82) is 0 Å². The second kappa shape index (κ2) is 16.3. The number of nitrogens with one attached hydrogen (secondary N) is 2. The van der Waals surface area contributed by atoms with Gasteiger partial charge in [-0.3, -0.25) is 19.0 Å². The number of aromatic nitrogens is 4. The van der Waals surface area contributed by atoms with Crippen molar-refractivity contribution in [1.82, 2.24) is 19.9 Å². The van der Waals surface area contributed by atoms with Crippen LogP contribution in [0.1, 0.15) is 54.6 Å². The van der Waals surface area contributed by atoms with Crippen molar-refractivity contribution in [2.75, 3.05) is 15.2 Å². The Hall–Kier alpha value is -5.66. The molecule has 0 spiro atoms. The number of benzene rings is 2. The van der Waals surface area contributed by atoms with Crippen LogP contribution in [0.3, 0.4) is 0 Å². The maximum absolute atomic E-state index is 14.5. The minimum Gasteiger partial charge on any atom is -0.384 e. The van der Waals surface area contributed by atoms with Crippen molar-refractivity contribution in [2.45, 2.75) is 29.3 Å². The fraction of sp³-hybridized carbons (Fsp3) is 0.0811. The maximum atomic E-state index is 14.5. The molecule has 0 saturated carbocycles. The lowest BCUT2D eigenvalue weighted by Crippen LogP contribution is -2.19. The molecule has 0 radical (unpaired) electrons. The standard InChI is InChI=1S/C37H25Cl3F3N7O6S2/c1-19-11-25(7-8-28(19)40)57(53,54)50-31-15-23(39)18-47-34(31)36(52)29-4-2-3-24(48-29)12-20-5-6-26(16-27(20)37(41,42)43)58(55,56)49-30-14-22(38)17-46-33(30)35(51)21-9-10-45-32(44)13-21/h2-11,13-18,49-50H,12H2,1H3,(H2,44,45). The lowest BCUT2D eigenvalue weighted by molar-refractivity contribution is -0.138. The molecule has 2 aromatic carbocycles. The Labute approximate surface area is 343 Å². The summed E-state index contributed by atoms with van der Waals surface area (Å²) in [7, 11) is -9.10. The molecule has 298 valence electrons. The summed E-state index contributed by atoms with van der Waals surface area (Å²) in [5, 5.41) is 0.229. The third kappa shape index (κ3) is 9.37. The molecule has 6 aromatic rings. The molecule has 6 rings (SSSR count). The number of ketones is 2. The van der Waals surface area contributed by atoms with E-state index in [1.165, 1.54) is 54.7 Å². The van der Waals surface area contributed by atoms with E-state index in [0.717, 1.165) is 36.7 Å². The average molecular weight is 891 g/mol. The van der Waals surface area contributed by atoms with Crippen LogP contribution in [0.15, 0.2) is 107 Å². The van der Waals surface area contributed by atoms with E-state index in [1.807, 2.05) is 0 Å². The van der Waals surface area contributed by atoms with Crippen LogP contribution in [-0.4, -0.2) is 48.3 Å². The van der Waals surface area contributed by atoms with Gasteiger partial charge in [-0.15, -0.1) is 0 Å². The Balaban J connectivity index is 1.29. The van der Waals surface area contributed by atoms with Crippen molar-refractivity contribution >= 4 is 83.6 Å². The maximum Gasteiger partial charge on any atom is 0.416 e. The number of hydrogen-bond donors (Lipinski definition) is 3. The number of rotatable bonds is 12. The number of nitrogens with zero attached hydrogens (tertiary/aromatic N) is 4. The SMILES string of the molecule is Cc1cc(S(=O)(=O)Nc2cc(Cl)cnc2C(=O)c2cccc(Cc3ccc(S(=O)(=O)Nc4cc(Cl)cnc4C(=O)c4ccnc(N)c4)cc3C(F)(F)F)n2)ccc1Cl. The molecule has 58 heavy (non-hydrogen) atoms. The number of alkyl halides is 3. The quantitative estimate of drug-likeness (QED) is 0.101. The summed E-state index contributed by atoms with van der Waals surface area (Å²) in [5.74, 6) is -1.68. The van der Waals surface area contributed by atoms with Crippen molar-refractivity contribution in [3.8, 4) is 0 Å². The van der Waals surface area contributed by atoms with Crippen LogP contribution in [0.5, 0.6) is 0 Å². The zero-order valence-corrected chi connectivity index (χ0v) is 33.2. The molecule has 0 saturated heterocycles. The highest BCUT2D eigenvalue weighted by Gasteiger charge is 2.35. The number of sulfonamides is 2. The highest BCUT2D eigenvalue weighted by Crippen LogP contribution is 2.36. The normalized spacial score (nSPS) is 11.9. The van der Waals surface area contributed by atoms with E-state index >= 15 is 0 Å². The number of anilines is 3. The summed E-state index contributed by atoms with van der Waals surface area (Å²) in [4.78, 5) is 41.9. The molecule has 0 unspecified atom stereocenters. The first-order valence-corrected chi connectivity index (χ1v) is 20.4. The molecule has 4 N–H and O–H groups in total. The highest BCUT2D eigenvalue weighted by atomic mass is 35.5. The van der Waals surface area contributed by atoms with Crippen LogP contribution in [0.2, 0.25) is 15.1 Å². The monoisotopic (exact) mass is 889 g/mol. The summed E-state index contributed by atoms with van der Waals surface area (Å²) < 4.78 is 102. The lowest BCUT2D eigenvalue weighted by Gasteiger charge is -2.16. The molecule has 0 bridgehead atoms. The first-order chi connectivity index (χ1) is 27.2. The molecule has 0 aliphatic carbocycles. The zero-order valence-electron chi connectivity index (χ0n) is 29.3. The van der Waals surface area contributed by atoms with Gasteiger partial charge in [-0.25, -0.2) is 36.8 Å².